The van der Waals surface area contributed by atoms with Crippen LogP contribution in [0.1, 0.15) is 5.56 Å². The predicted molar refractivity (Wildman–Crippen MR) is 81.2 cm³/mol. The molecule has 0 unspecified atom stereocenters. The number of hydrogen-bond donors (Lipinski definition) is 0. The Kier molecular flexibility index (Phi) is 3.74. The molecule has 0 spiro atoms. The highest BCUT2D eigenvalue weighted by Gasteiger charge is 2.40. The van der Waals surface area contributed by atoms with Gasteiger partial charge in [0.2, 0.25) is 0 Å². The molecule has 0 atom stereocenters. The number of alkyl halides is 3. The minimum absolute atomic E-state index is 0.330. The molecule has 2 aliphatic rings. The zero-order valence-corrected chi connectivity index (χ0v) is 12.4. The minimum atomic E-state index is -4.52. The molecule has 0 fully saturated rings. The van der Waals surface area contributed by atoms with Crippen LogP contribution in [0.2, 0.25) is 10.0 Å². The van der Waals surface area contributed by atoms with Crippen LogP contribution in [0.25, 0.3) is 5.70 Å². The van der Waals surface area contributed by atoms with E-state index in [4.69, 9.17) is 23.2 Å². The number of amidine groups is 1. The Morgan fingerprint density at radius 2 is 1.91 bits per heavy atom. The summed E-state index contributed by atoms with van der Waals surface area (Å²) in [5, 5.41) is 7.69. The van der Waals surface area contributed by atoms with Gasteiger partial charge in [0.15, 0.2) is 11.5 Å². The third kappa shape index (κ3) is 2.76. The molecule has 1 aromatic carbocycles. The molecule has 2 aliphatic heterocycles. The van der Waals surface area contributed by atoms with Gasteiger partial charge in [0.05, 0.1) is 17.3 Å². The van der Waals surface area contributed by atoms with E-state index >= 15 is 0 Å². The number of halogens is 5. The summed E-state index contributed by atoms with van der Waals surface area (Å²) in [7, 11) is 0. The highest BCUT2D eigenvalue weighted by molar-refractivity contribution is 6.35. The molecular formula is C14H8Cl2F3N3. The average Bonchev–Trinajstić information content (AvgIpc) is 2.45. The van der Waals surface area contributed by atoms with Crippen LogP contribution in [-0.4, -0.2) is 29.2 Å². The molecule has 8 heteroatoms. The molecule has 0 saturated carbocycles. The summed E-state index contributed by atoms with van der Waals surface area (Å²) in [5.41, 5.74) is 0.133. The van der Waals surface area contributed by atoms with Crippen LogP contribution in [-0.2, 0) is 0 Å². The monoisotopic (exact) mass is 345 g/mol. The number of allylic oxidation sites excluding steroid dienone is 2. The molecular weight excluding hydrogens is 338 g/mol. The van der Waals surface area contributed by atoms with Crippen molar-refractivity contribution in [2.24, 2.45) is 10.2 Å². The summed E-state index contributed by atoms with van der Waals surface area (Å²) in [5.74, 6) is 0.330. The van der Waals surface area contributed by atoms with Gasteiger partial charge in [-0.15, -0.1) is 10.2 Å². The average molecular weight is 346 g/mol. The van der Waals surface area contributed by atoms with Gasteiger partial charge in [-0.3, -0.25) is 0 Å². The van der Waals surface area contributed by atoms with Crippen molar-refractivity contribution >= 4 is 40.4 Å². The van der Waals surface area contributed by atoms with E-state index in [2.05, 4.69) is 10.2 Å². The van der Waals surface area contributed by atoms with Crippen molar-refractivity contribution in [1.82, 2.24) is 4.90 Å². The van der Waals surface area contributed by atoms with Gasteiger partial charge in [0.1, 0.15) is 0 Å². The Morgan fingerprint density at radius 3 is 2.59 bits per heavy atom. The number of fused-ring (bicyclic) bond motifs is 1. The van der Waals surface area contributed by atoms with Gasteiger partial charge in [-0.1, -0.05) is 29.3 Å². The zero-order valence-electron chi connectivity index (χ0n) is 10.9. The molecule has 1 aromatic rings. The summed E-state index contributed by atoms with van der Waals surface area (Å²) in [6, 6.07) is 4.82. The molecule has 3 nitrogen and oxygen atoms in total. The molecule has 0 radical (unpaired) electrons. The first-order valence-corrected chi connectivity index (χ1v) is 6.95. The van der Waals surface area contributed by atoms with Crippen LogP contribution in [0.4, 0.5) is 13.2 Å². The Morgan fingerprint density at radius 1 is 1.14 bits per heavy atom. The van der Waals surface area contributed by atoms with Crippen molar-refractivity contribution in [3.63, 3.8) is 0 Å². The first-order valence-electron chi connectivity index (χ1n) is 6.19. The first kappa shape index (κ1) is 15.1. The quantitative estimate of drug-likeness (QED) is 0.734. The maximum Gasteiger partial charge on any atom is 0.433 e. The molecule has 2 heterocycles. The molecule has 114 valence electrons. The first-order chi connectivity index (χ1) is 10.4. The Bertz CT molecular complexity index is 748. The van der Waals surface area contributed by atoms with E-state index in [1.807, 2.05) is 0 Å². The van der Waals surface area contributed by atoms with Crippen LogP contribution >= 0.6 is 23.2 Å². The SMILES string of the molecule is FC(F)(F)C1=NN=C2C=CC=C(c3ccc(Cl)cc3Cl)N2C1. The Labute approximate surface area is 134 Å². The number of rotatable bonds is 1. The summed E-state index contributed by atoms with van der Waals surface area (Å²) < 4.78 is 38.6. The Hall–Kier alpha value is -1.79. The van der Waals surface area contributed by atoms with Gasteiger partial charge in [-0.25, -0.2) is 0 Å². The third-order valence-corrected chi connectivity index (χ3v) is 3.73. The van der Waals surface area contributed by atoms with Gasteiger partial charge < -0.3 is 4.90 Å². The summed E-state index contributed by atoms with van der Waals surface area (Å²) in [6.07, 6.45) is 0.423. The van der Waals surface area contributed by atoms with Crippen LogP contribution < -0.4 is 0 Å². The van der Waals surface area contributed by atoms with Crippen molar-refractivity contribution in [2.75, 3.05) is 6.54 Å². The fourth-order valence-corrected chi connectivity index (χ4v) is 2.66. The molecule has 0 amide bonds. The fourth-order valence-electron chi connectivity index (χ4n) is 2.15. The van der Waals surface area contributed by atoms with E-state index in [0.717, 1.165) is 0 Å². The van der Waals surface area contributed by atoms with Gasteiger partial charge >= 0.3 is 6.18 Å². The van der Waals surface area contributed by atoms with E-state index in [-0.39, 0.29) is 0 Å². The van der Waals surface area contributed by atoms with Crippen molar-refractivity contribution in [3.05, 3.63) is 52.0 Å². The van der Waals surface area contributed by atoms with Gasteiger partial charge in [-0.05, 0) is 30.4 Å². The summed E-state index contributed by atoms with van der Waals surface area (Å²) >= 11 is 12.0. The second-order valence-corrected chi connectivity index (χ2v) is 5.47. The lowest BCUT2D eigenvalue weighted by Crippen LogP contribution is -2.42. The van der Waals surface area contributed by atoms with Gasteiger partial charge in [0.25, 0.3) is 0 Å². The van der Waals surface area contributed by atoms with Crippen LogP contribution in [0.5, 0.6) is 0 Å². The van der Waals surface area contributed by atoms with Crippen LogP contribution in [0.15, 0.2) is 46.6 Å². The third-order valence-electron chi connectivity index (χ3n) is 3.18. The van der Waals surface area contributed by atoms with Crippen molar-refractivity contribution in [3.8, 4) is 0 Å². The highest BCUT2D eigenvalue weighted by atomic mass is 35.5. The van der Waals surface area contributed by atoms with E-state index in [9.17, 15) is 13.2 Å². The largest absolute Gasteiger partial charge is 0.433 e. The predicted octanol–water partition coefficient (Wildman–Crippen LogP) is 4.54. The Balaban J connectivity index is 2.01. The minimum Gasteiger partial charge on any atom is -0.318 e. The highest BCUT2D eigenvalue weighted by Crippen LogP contribution is 2.33. The summed E-state index contributed by atoms with van der Waals surface area (Å²) in [4.78, 5) is 1.42. The maximum absolute atomic E-state index is 12.9. The maximum atomic E-state index is 12.9. The van der Waals surface area contributed by atoms with Gasteiger partial charge in [-0.2, -0.15) is 13.2 Å². The van der Waals surface area contributed by atoms with E-state index in [0.29, 0.717) is 27.1 Å². The zero-order chi connectivity index (χ0) is 15.9. The van der Waals surface area contributed by atoms with E-state index in [1.165, 1.54) is 11.0 Å². The number of hydrogen-bond acceptors (Lipinski definition) is 3. The molecule has 0 bridgehead atoms. The molecule has 0 N–H and O–H groups in total. The normalized spacial score (nSPS) is 17.7. The lowest BCUT2D eigenvalue weighted by Gasteiger charge is -2.32. The lowest BCUT2D eigenvalue weighted by atomic mass is 10.1. The molecule has 0 saturated heterocycles. The molecule has 3 rings (SSSR count). The van der Waals surface area contributed by atoms with Gasteiger partial charge in [0, 0.05) is 10.6 Å². The second-order valence-electron chi connectivity index (χ2n) is 4.62. The number of nitrogens with zero attached hydrogens (tertiary/aromatic N) is 3. The molecule has 0 aromatic heterocycles. The van der Waals surface area contributed by atoms with Crippen LogP contribution in [0, 0.1) is 0 Å². The van der Waals surface area contributed by atoms with E-state index < -0.39 is 18.4 Å². The standard InChI is InChI=1S/C14H8Cl2F3N3/c15-8-4-5-9(10(16)6-8)11-2-1-3-13-21-20-12(7-22(11)13)14(17,18)19/h1-6H,7H2. The van der Waals surface area contributed by atoms with Crippen molar-refractivity contribution in [1.29, 1.82) is 0 Å². The molecule has 0 aliphatic carbocycles. The lowest BCUT2D eigenvalue weighted by molar-refractivity contribution is -0.0609. The second kappa shape index (κ2) is 5.44. The smallest absolute Gasteiger partial charge is 0.318 e. The topological polar surface area (TPSA) is 28.0 Å². The van der Waals surface area contributed by atoms with Crippen molar-refractivity contribution < 1.29 is 13.2 Å². The van der Waals surface area contributed by atoms with Crippen LogP contribution in [0.3, 0.4) is 0 Å². The summed E-state index contributed by atoms with van der Waals surface area (Å²) in [6.45, 7) is -0.419. The number of benzene rings is 1. The van der Waals surface area contributed by atoms with Crippen molar-refractivity contribution in [2.45, 2.75) is 6.18 Å². The van der Waals surface area contributed by atoms with E-state index in [1.54, 1.807) is 30.4 Å². The fraction of sp³-hybridized carbons (Fsp3) is 0.143. The molecule has 22 heavy (non-hydrogen) atoms.